The first-order valence-electron chi connectivity index (χ1n) is 13.7. The topological polar surface area (TPSA) is 103 Å². The lowest BCUT2D eigenvalue weighted by molar-refractivity contribution is 0.0969. The van der Waals surface area contributed by atoms with Gasteiger partial charge in [0.05, 0.1) is 22.6 Å². The number of carbonyl (C=O) groups is 1. The van der Waals surface area contributed by atoms with E-state index < -0.39 is 6.04 Å². The number of nitrogens with one attached hydrogen (secondary N) is 2. The minimum Gasteiger partial charge on any atom is -0.400 e. The molecule has 7 nitrogen and oxygen atoms in total. The highest BCUT2D eigenvalue weighted by Gasteiger charge is 2.36. The molecule has 2 aromatic heterocycles. The molecule has 6 aromatic rings. The van der Waals surface area contributed by atoms with E-state index >= 15 is 0 Å². The Morgan fingerprint density at radius 2 is 1.36 bits per heavy atom. The lowest BCUT2D eigenvalue weighted by Crippen LogP contribution is -2.23. The van der Waals surface area contributed by atoms with Crippen molar-refractivity contribution in [3.63, 3.8) is 0 Å². The molecule has 0 amide bonds. The van der Waals surface area contributed by atoms with Gasteiger partial charge in [-0.15, -0.1) is 0 Å². The van der Waals surface area contributed by atoms with E-state index in [-0.39, 0.29) is 5.78 Å². The number of aryl methyl sites for hydroxylation is 2. The van der Waals surface area contributed by atoms with E-state index in [1.54, 1.807) is 0 Å². The molecule has 4 aromatic carbocycles. The van der Waals surface area contributed by atoms with Crippen LogP contribution in [0.15, 0.2) is 103 Å². The van der Waals surface area contributed by atoms with Gasteiger partial charge in [-0.05, 0) is 48.7 Å². The number of fused-ring (bicyclic) bond motifs is 2. The first-order valence-corrected chi connectivity index (χ1v) is 13.7. The molecule has 3 heterocycles. The second-order valence-corrected chi connectivity index (χ2v) is 9.82. The second-order valence-electron chi connectivity index (χ2n) is 9.82. The van der Waals surface area contributed by atoms with Gasteiger partial charge in [-0.2, -0.15) is 5.10 Å². The van der Waals surface area contributed by atoms with Crippen molar-refractivity contribution < 1.29 is 15.0 Å². The fourth-order valence-electron chi connectivity index (χ4n) is 5.75. The quantitative estimate of drug-likeness (QED) is 0.177. The predicted octanol–water partition coefficient (Wildman–Crippen LogP) is 6.87. The normalized spacial score (nSPS) is 13.0. The fraction of sp³-hybridized carbons (Fsp3) is 0.143. The Morgan fingerprint density at radius 3 is 2.00 bits per heavy atom. The molecule has 1 atom stereocenters. The summed E-state index contributed by atoms with van der Waals surface area (Å²) in [6.07, 6.45) is 0. The van der Waals surface area contributed by atoms with E-state index in [9.17, 15) is 4.79 Å². The number of carbonyl (C=O) groups excluding carboxylic acids is 1. The van der Waals surface area contributed by atoms with Crippen LogP contribution in [0.4, 0.5) is 5.82 Å². The van der Waals surface area contributed by atoms with E-state index in [1.165, 1.54) is 0 Å². The average Bonchev–Trinajstić information content (AvgIpc) is 3.54. The Kier molecular flexibility index (Phi) is 8.33. The van der Waals surface area contributed by atoms with Gasteiger partial charge in [-0.25, -0.2) is 4.68 Å². The minimum atomic E-state index is -0.584. The van der Waals surface area contributed by atoms with Gasteiger partial charge in [0.25, 0.3) is 0 Å². The highest BCUT2D eigenvalue weighted by atomic mass is 16.2. The summed E-state index contributed by atoms with van der Waals surface area (Å²) in [5.74, 6) is 0.845. The average molecular weight is 559 g/mol. The number of nitrogens with zero attached hydrogens (tertiary/aromatic N) is 2. The van der Waals surface area contributed by atoms with Crippen LogP contribution >= 0.6 is 0 Å². The summed E-state index contributed by atoms with van der Waals surface area (Å²) >= 11 is 0. The number of aromatic nitrogens is 3. The summed E-state index contributed by atoms with van der Waals surface area (Å²) in [7, 11) is 2.00. The van der Waals surface area contributed by atoms with Crippen LogP contribution in [0.1, 0.15) is 33.2 Å². The maximum atomic E-state index is 14.2. The third kappa shape index (κ3) is 4.79. The summed E-state index contributed by atoms with van der Waals surface area (Å²) in [5.41, 5.74) is 9.79. The molecule has 7 rings (SSSR count). The lowest BCUT2D eigenvalue weighted by Gasteiger charge is -2.21. The number of rotatable bonds is 4. The summed E-state index contributed by atoms with van der Waals surface area (Å²) in [6.45, 7) is 4.13. The maximum absolute atomic E-state index is 14.2. The van der Waals surface area contributed by atoms with Crippen molar-refractivity contribution >= 4 is 22.5 Å². The zero-order valence-electron chi connectivity index (χ0n) is 24.1. The highest BCUT2D eigenvalue weighted by molar-refractivity contribution is 6.14. The molecule has 0 saturated carbocycles. The van der Waals surface area contributed by atoms with Gasteiger partial charge in [0, 0.05) is 36.2 Å². The van der Waals surface area contributed by atoms with Crippen molar-refractivity contribution in [3.05, 3.63) is 126 Å². The standard InChI is InChI=1S/C33H26N4O.2CH4O/c1-20-18-19-25-28-26(20)31(32(38)23-14-8-4-9-15-23)35-33-27(21(2)36-37(33)24-16-10-5-11-17-24)29(28)30(34-25)22-12-6-3-7-13-22;2*1-2/h3-19,31,34-35H,1-2H3;2*2H,1H3/t31-;;/m0../s1. The van der Waals surface area contributed by atoms with Gasteiger partial charge in [0.1, 0.15) is 11.9 Å². The second kappa shape index (κ2) is 12.3. The zero-order valence-corrected chi connectivity index (χ0v) is 24.1. The van der Waals surface area contributed by atoms with Crippen LogP contribution in [0.3, 0.4) is 0 Å². The van der Waals surface area contributed by atoms with Crippen LogP contribution in [0.5, 0.6) is 0 Å². The van der Waals surface area contributed by atoms with Crippen LogP contribution < -0.4 is 5.32 Å². The Hall–Kier alpha value is -4.98. The Morgan fingerprint density at radius 1 is 0.762 bits per heavy atom. The maximum Gasteiger partial charge on any atom is 0.189 e. The molecule has 0 spiro atoms. The van der Waals surface area contributed by atoms with Gasteiger partial charge >= 0.3 is 0 Å². The van der Waals surface area contributed by atoms with Crippen LogP contribution in [0, 0.1) is 13.8 Å². The molecule has 0 fully saturated rings. The van der Waals surface area contributed by atoms with Crippen LogP contribution in [-0.2, 0) is 0 Å². The highest BCUT2D eigenvalue weighted by Crippen LogP contribution is 2.50. The largest absolute Gasteiger partial charge is 0.400 e. The summed E-state index contributed by atoms with van der Waals surface area (Å²) < 4.78 is 1.94. The Bertz CT molecular complexity index is 1830. The number of aliphatic hydroxyl groups excluding tert-OH is 2. The van der Waals surface area contributed by atoms with Gasteiger partial charge in [-0.3, -0.25) is 4.79 Å². The molecule has 4 N–H and O–H groups in total. The fourth-order valence-corrected chi connectivity index (χ4v) is 5.75. The van der Waals surface area contributed by atoms with Gasteiger partial charge in [0.2, 0.25) is 0 Å². The van der Waals surface area contributed by atoms with Crippen molar-refractivity contribution in [1.29, 1.82) is 0 Å². The van der Waals surface area contributed by atoms with E-state index in [1.807, 2.05) is 78.3 Å². The molecule has 212 valence electrons. The van der Waals surface area contributed by atoms with Crippen LogP contribution in [0.25, 0.3) is 39.0 Å². The number of hydrogen-bond donors (Lipinski definition) is 4. The number of hydrogen-bond acceptors (Lipinski definition) is 5. The first kappa shape index (κ1) is 28.5. The summed E-state index contributed by atoms with van der Waals surface area (Å²) in [4.78, 5) is 17.9. The van der Waals surface area contributed by atoms with Crippen molar-refractivity contribution in [2.24, 2.45) is 0 Å². The van der Waals surface area contributed by atoms with Gasteiger partial charge in [0.15, 0.2) is 5.78 Å². The van der Waals surface area contributed by atoms with E-state index in [4.69, 9.17) is 15.3 Å². The number of benzene rings is 4. The summed E-state index contributed by atoms with van der Waals surface area (Å²) in [6, 6.07) is 33.6. The number of para-hydroxylation sites is 1. The Labute approximate surface area is 245 Å². The zero-order chi connectivity index (χ0) is 29.8. The number of anilines is 1. The minimum absolute atomic E-state index is 0.0286. The van der Waals surface area contributed by atoms with E-state index in [0.717, 1.165) is 75.8 Å². The van der Waals surface area contributed by atoms with Crippen LogP contribution in [-0.4, -0.2) is 45.0 Å². The molecule has 1 aliphatic rings. The molecule has 0 saturated heterocycles. The SMILES string of the molecule is CO.CO.Cc1ccc2[nH]c(-c3ccccc3)c3c2c1[C@@H](C(=O)c1ccccc1)Nc1c-3c(C)nn1-c1ccccc1. The number of Topliss-reactive ketones (excluding diaryl/α,β-unsaturated/α-hetero) is 1. The predicted molar refractivity (Wildman–Crippen MR) is 169 cm³/mol. The van der Waals surface area contributed by atoms with E-state index in [0.29, 0.717) is 5.56 Å². The van der Waals surface area contributed by atoms with Gasteiger partial charge < -0.3 is 20.5 Å². The molecular formula is C35H34N4O3. The van der Waals surface area contributed by atoms with Crippen molar-refractivity contribution in [2.45, 2.75) is 19.9 Å². The third-order valence-electron chi connectivity index (χ3n) is 7.49. The van der Waals surface area contributed by atoms with Crippen LogP contribution in [0.2, 0.25) is 0 Å². The number of H-pyrrole nitrogens is 1. The van der Waals surface area contributed by atoms with E-state index in [2.05, 4.69) is 53.6 Å². The third-order valence-corrected chi connectivity index (χ3v) is 7.49. The molecule has 0 radical (unpaired) electrons. The van der Waals surface area contributed by atoms with Crippen molar-refractivity contribution in [2.75, 3.05) is 19.5 Å². The van der Waals surface area contributed by atoms with Crippen molar-refractivity contribution in [1.82, 2.24) is 14.8 Å². The molecular weight excluding hydrogens is 524 g/mol. The number of aromatic amines is 1. The smallest absolute Gasteiger partial charge is 0.189 e. The molecule has 42 heavy (non-hydrogen) atoms. The monoisotopic (exact) mass is 558 g/mol. The van der Waals surface area contributed by atoms with Gasteiger partial charge in [-0.1, -0.05) is 84.9 Å². The molecule has 7 heteroatoms. The number of ketones is 1. The summed E-state index contributed by atoms with van der Waals surface area (Å²) in [5, 5.41) is 23.8. The Balaban J connectivity index is 0.000000847. The lowest BCUT2D eigenvalue weighted by atomic mass is 9.89. The first-order chi connectivity index (χ1) is 20.6. The molecule has 0 unspecified atom stereocenters. The van der Waals surface area contributed by atoms with Crippen molar-refractivity contribution in [3.8, 4) is 28.1 Å². The number of aliphatic hydroxyl groups is 2. The molecule has 0 bridgehead atoms. The molecule has 1 aliphatic heterocycles. The molecule has 0 aliphatic carbocycles.